The molecule has 2 aromatic carbocycles. The van der Waals surface area contributed by atoms with Gasteiger partial charge in [-0.2, -0.15) is 0 Å². The zero-order valence-corrected chi connectivity index (χ0v) is 15.9. The van der Waals surface area contributed by atoms with Gasteiger partial charge in [0.05, 0.1) is 4.92 Å². The number of amides is 1. The molecular formula is C19H17ClN2O6. The first kappa shape index (κ1) is 21.0. The molecule has 0 heterocycles. The molecule has 0 saturated carbocycles. The molecule has 0 fully saturated rings. The maximum absolute atomic E-state index is 12.2. The van der Waals surface area contributed by atoms with E-state index in [1.807, 2.05) is 13.0 Å². The minimum atomic E-state index is -0.810. The fourth-order valence-electron chi connectivity index (χ4n) is 2.36. The van der Waals surface area contributed by atoms with E-state index < -0.39 is 35.6 Å². The third-order valence-corrected chi connectivity index (χ3v) is 4.18. The first-order valence-corrected chi connectivity index (χ1v) is 8.55. The predicted octanol–water partition coefficient (Wildman–Crippen LogP) is 3.02. The van der Waals surface area contributed by atoms with E-state index in [0.29, 0.717) is 5.56 Å². The Morgan fingerprint density at radius 1 is 1.14 bits per heavy atom. The van der Waals surface area contributed by atoms with Gasteiger partial charge in [0.1, 0.15) is 11.6 Å². The molecule has 2 aromatic rings. The van der Waals surface area contributed by atoms with Crippen LogP contribution < -0.4 is 5.32 Å². The lowest BCUT2D eigenvalue weighted by Crippen LogP contribution is -2.31. The van der Waals surface area contributed by atoms with Gasteiger partial charge >= 0.3 is 5.97 Å². The lowest BCUT2D eigenvalue weighted by molar-refractivity contribution is -0.384. The van der Waals surface area contributed by atoms with Gasteiger partial charge in [-0.05, 0) is 37.6 Å². The first-order valence-electron chi connectivity index (χ1n) is 8.17. The van der Waals surface area contributed by atoms with Gasteiger partial charge in [-0.15, -0.1) is 0 Å². The second kappa shape index (κ2) is 9.09. The third kappa shape index (κ3) is 5.37. The second-order valence-corrected chi connectivity index (χ2v) is 6.42. The van der Waals surface area contributed by atoms with Gasteiger partial charge in [-0.25, -0.2) is 0 Å². The molecule has 0 radical (unpaired) electrons. The molecule has 1 amide bonds. The van der Waals surface area contributed by atoms with Crippen molar-refractivity contribution in [2.45, 2.75) is 13.8 Å². The minimum absolute atomic E-state index is 0.0321. The lowest BCUT2D eigenvalue weighted by Gasteiger charge is -2.08. The molecule has 0 aliphatic carbocycles. The van der Waals surface area contributed by atoms with E-state index in [1.165, 1.54) is 12.1 Å². The van der Waals surface area contributed by atoms with Crippen LogP contribution in [0.4, 0.5) is 5.69 Å². The Morgan fingerprint density at radius 3 is 2.54 bits per heavy atom. The van der Waals surface area contributed by atoms with Gasteiger partial charge < -0.3 is 10.1 Å². The summed E-state index contributed by atoms with van der Waals surface area (Å²) < 4.78 is 4.89. The normalized spacial score (nSPS) is 10.2. The van der Waals surface area contributed by atoms with Crippen LogP contribution in [0.3, 0.4) is 0 Å². The van der Waals surface area contributed by atoms with E-state index in [2.05, 4.69) is 5.32 Å². The standard InChI is InChI=1S/C19H17ClN2O6/c1-11-3-4-12(2)14(7-11)17(23)10-28-18(24)9-21-19(25)13-5-6-15(20)16(8-13)22(26)27/h3-8H,9-10H2,1-2H3,(H,21,25). The molecule has 0 spiro atoms. The van der Waals surface area contributed by atoms with Crippen molar-refractivity contribution in [3.05, 3.63) is 73.8 Å². The lowest BCUT2D eigenvalue weighted by atomic mass is 10.0. The SMILES string of the molecule is Cc1ccc(C)c(C(=O)COC(=O)CNC(=O)c2ccc(Cl)c([N+](=O)[O-])c2)c1. The monoisotopic (exact) mass is 404 g/mol. The largest absolute Gasteiger partial charge is 0.456 e. The molecule has 0 aromatic heterocycles. The van der Waals surface area contributed by atoms with E-state index in [1.54, 1.807) is 19.1 Å². The second-order valence-electron chi connectivity index (χ2n) is 6.01. The van der Waals surface area contributed by atoms with E-state index in [4.69, 9.17) is 16.3 Å². The summed E-state index contributed by atoms with van der Waals surface area (Å²) >= 11 is 5.69. The Kier molecular flexibility index (Phi) is 6.84. The van der Waals surface area contributed by atoms with Crippen LogP contribution >= 0.6 is 11.6 Å². The number of benzene rings is 2. The Bertz CT molecular complexity index is 957. The van der Waals surface area contributed by atoms with Crippen LogP contribution in [0, 0.1) is 24.0 Å². The molecule has 9 heteroatoms. The number of ether oxygens (including phenoxy) is 1. The zero-order chi connectivity index (χ0) is 20.8. The number of esters is 1. The maximum Gasteiger partial charge on any atom is 0.325 e. The number of carbonyl (C=O) groups is 3. The number of Topliss-reactive ketones (excluding diaryl/α,β-unsaturated/α-hetero) is 1. The molecule has 0 bridgehead atoms. The summed E-state index contributed by atoms with van der Waals surface area (Å²) in [5.74, 6) is -1.87. The van der Waals surface area contributed by atoms with Crippen molar-refractivity contribution in [3.8, 4) is 0 Å². The van der Waals surface area contributed by atoms with Crippen LogP contribution in [0.5, 0.6) is 0 Å². The number of nitrogens with one attached hydrogen (secondary N) is 1. The van der Waals surface area contributed by atoms with Crippen molar-refractivity contribution in [3.63, 3.8) is 0 Å². The fourth-order valence-corrected chi connectivity index (χ4v) is 2.55. The predicted molar refractivity (Wildman–Crippen MR) is 102 cm³/mol. The number of hydrogen-bond acceptors (Lipinski definition) is 6. The molecule has 0 aliphatic heterocycles. The van der Waals surface area contributed by atoms with Crippen LogP contribution in [0.1, 0.15) is 31.8 Å². The summed E-state index contributed by atoms with van der Waals surface area (Å²) in [6.07, 6.45) is 0. The summed E-state index contributed by atoms with van der Waals surface area (Å²) in [7, 11) is 0. The number of nitro benzene ring substituents is 1. The molecule has 0 aliphatic rings. The topological polar surface area (TPSA) is 116 Å². The number of rotatable bonds is 7. The van der Waals surface area contributed by atoms with Gasteiger partial charge in [0.25, 0.3) is 11.6 Å². The number of hydrogen-bond donors (Lipinski definition) is 1. The van der Waals surface area contributed by atoms with Crippen LogP contribution in [0.25, 0.3) is 0 Å². The first-order chi connectivity index (χ1) is 13.2. The summed E-state index contributed by atoms with van der Waals surface area (Å²) in [4.78, 5) is 46.1. The van der Waals surface area contributed by atoms with Gasteiger partial charge in [0.15, 0.2) is 6.61 Å². The summed E-state index contributed by atoms with van der Waals surface area (Å²) in [5.41, 5.74) is 1.69. The number of nitro groups is 1. The Labute approximate surface area is 165 Å². The highest BCUT2D eigenvalue weighted by Crippen LogP contribution is 2.24. The number of aryl methyl sites for hydroxylation is 2. The zero-order valence-electron chi connectivity index (χ0n) is 15.2. The van der Waals surface area contributed by atoms with E-state index in [-0.39, 0.29) is 16.4 Å². The van der Waals surface area contributed by atoms with Crippen molar-refractivity contribution in [2.75, 3.05) is 13.2 Å². The highest BCUT2D eigenvalue weighted by atomic mass is 35.5. The van der Waals surface area contributed by atoms with Crippen molar-refractivity contribution >= 4 is 34.9 Å². The average molecular weight is 405 g/mol. The highest BCUT2D eigenvalue weighted by molar-refractivity contribution is 6.32. The average Bonchev–Trinajstić information content (AvgIpc) is 2.66. The van der Waals surface area contributed by atoms with Crippen molar-refractivity contribution < 1.29 is 24.0 Å². The Balaban J connectivity index is 1.89. The van der Waals surface area contributed by atoms with Crippen molar-refractivity contribution in [1.29, 1.82) is 0 Å². The molecule has 1 N–H and O–H groups in total. The fraction of sp³-hybridized carbons (Fsp3) is 0.211. The Hall–Kier alpha value is -3.26. The molecule has 8 nitrogen and oxygen atoms in total. The van der Waals surface area contributed by atoms with E-state index >= 15 is 0 Å². The number of nitrogens with zero attached hydrogens (tertiary/aromatic N) is 1. The summed E-state index contributed by atoms with van der Waals surface area (Å²) in [5, 5.41) is 13.0. The number of halogens is 1. The van der Waals surface area contributed by atoms with E-state index in [0.717, 1.165) is 17.2 Å². The minimum Gasteiger partial charge on any atom is -0.456 e. The highest BCUT2D eigenvalue weighted by Gasteiger charge is 2.17. The molecule has 0 saturated heterocycles. The van der Waals surface area contributed by atoms with Crippen LogP contribution in [0.15, 0.2) is 36.4 Å². The van der Waals surface area contributed by atoms with Crippen molar-refractivity contribution in [2.24, 2.45) is 0 Å². The summed E-state index contributed by atoms with van der Waals surface area (Å²) in [6.45, 7) is 2.68. The molecule has 0 atom stereocenters. The van der Waals surface area contributed by atoms with Gasteiger partial charge in [0.2, 0.25) is 5.78 Å². The molecule has 2 rings (SSSR count). The molecule has 0 unspecified atom stereocenters. The van der Waals surface area contributed by atoms with Gasteiger partial charge in [-0.3, -0.25) is 24.5 Å². The van der Waals surface area contributed by atoms with Crippen molar-refractivity contribution in [1.82, 2.24) is 5.32 Å². The molecule has 146 valence electrons. The Morgan fingerprint density at radius 2 is 1.86 bits per heavy atom. The number of ketones is 1. The van der Waals surface area contributed by atoms with Crippen LogP contribution in [-0.4, -0.2) is 35.7 Å². The smallest absolute Gasteiger partial charge is 0.325 e. The van der Waals surface area contributed by atoms with Gasteiger partial charge in [-0.1, -0.05) is 29.3 Å². The maximum atomic E-state index is 12.2. The molecule has 28 heavy (non-hydrogen) atoms. The molecular weight excluding hydrogens is 388 g/mol. The van der Waals surface area contributed by atoms with Crippen LogP contribution in [-0.2, 0) is 9.53 Å². The quantitative estimate of drug-likeness (QED) is 0.328. The third-order valence-electron chi connectivity index (χ3n) is 3.86. The van der Waals surface area contributed by atoms with Gasteiger partial charge in [0, 0.05) is 17.2 Å². The summed E-state index contributed by atoms with van der Waals surface area (Å²) in [6, 6.07) is 8.90. The van der Waals surface area contributed by atoms with E-state index in [9.17, 15) is 24.5 Å². The van der Waals surface area contributed by atoms with Crippen LogP contribution in [0.2, 0.25) is 5.02 Å². The number of carbonyl (C=O) groups excluding carboxylic acids is 3.